The molecule has 1 aromatic rings. The lowest BCUT2D eigenvalue weighted by Gasteiger charge is -2.40. The molecule has 106 valence electrons. The molecule has 0 aromatic carbocycles. The van der Waals surface area contributed by atoms with Gasteiger partial charge in [0, 0.05) is 0 Å². The van der Waals surface area contributed by atoms with Gasteiger partial charge < -0.3 is 34.9 Å². The Kier molecular flexibility index (Phi) is 4.17. The normalized spacial score (nSPS) is 35.1. The number of aliphatic hydroxyl groups is 4. The first-order chi connectivity index (χ1) is 9.04. The third-order valence-electron chi connectivity index (χ3n) is 2.98. The van der Waals surface area contributed by atoms with Gasteiger partial charge >= 0.3 is 0 Å². The number of carbonyl (C=O) groups excluding carboxylic acids is 1. The minimum atomic E-state index is -1.54. The standard InChI is InChI=1S/C11H15NO7/c13-3-6-8(14)9(15)7(11(17)19-6)12-10(16)5-1-2-18-4-5/h1-2,4,6-9,11,13-15,17H,3H2,(H,12,16)/t6-,7-,8+,9-,11?/m1/s1. The summed E-state index contributed by atoms with van der Waals surface area (Å²) in [6.07, 6.45) is -3.01. The zero-order valence-corrected chi connectivity index (χ0v) is 9.84. The Morgan fingerprint density at radius 2 is 2.05 bits per heavy atom. The van der Waals surface area contributed by atoms with E-state index >= 15 is 0 Å². The fraction of sp³-hybridized carbons (Fsp3) is 0.545. The monoisotopic (exact) mass is 273 g/mol. The molecule has 1 aromatic heterocycles. The molecule has 2 rings (SSSR count). The van der Waals surface area contributed by atoms with E-state index in [0.717, 1.165) is 0 Å². The molecule has 5 N–H and O–H groups in total. The summed E-state index contributed by atoms with van der Waals surface area (Å²) in [6.45, 7) is -0.558. The molecule has 0 bridgehead atoms. The quantitative estimate of drug-likeness (QED) is 0.422. The summed E-state index contributed by atoms with van der Waals surface area (Å²) < 4.78 is 9.64. The second-order valence-corrected chi connectivity index (χ2v) is 4.24. The van der Waals surface area contributed by atoms with Crippen LogP contribution >= 0.6 is 0 Å². The van der Waals surface area contributed by atoms with E-state index in [-0.39, 0.29) is 5.56 Å². The average Bonchev–Trinajstić information content (AvgIpc) is 2.92. The maximum Gasteiger partial charge on any atom is 0.255 e. The van der Waals surface area contributed by atoms with Gasteiger partial charge in [0.1, 0.15) is 30.6 Å². The Morgan fingerprint density at radius 1 is 1.32 bits per heavy atom. The first kappa shape index (κ1) is 14.0. The summed E-state index contributed by atoms with van der Waals surface area (Å²) >= 11 is 0. The van der Waals surface area contributed by atoms with E-state index < -0.39 is 43.2 Å². The van der Waals surface area contributed by atoms with Crippen LogP contribution < -0.4 is 5.32 Å². The molecule has 8 nitrogen and oxygen atoms in total. The zero-order chi connectivity index (χ0) is 14.0. The highest BCUT2D eigenvalue weighted by Gasteiger charge is 2.44. The van der Waals surface area contributed by atoms with Crippen LogP contribution in [-0.4, -0.2) is 63.6 Å². The first-order valence-electron chi connectivity index (χ1n) is 5.68. The summed E-state index contributed by atoms with van der Waals surface area (Å²) in [5.41, 5.74) is 0.207. The molecule has 1 unspecified atom stereocenters. The van der Waals surface area contributed by atoms with Gasteiger partial charge in [0.2, 0.25) is 0 Å². The fourth-order valence-corrected chi connectivity index (χ4v) is 1.88. The lowest BCUT2D eigenvalue weighted by molar-refractivity contribution is -0.252. The van der Waals surface area contributed by atoms with Gasteiger partial charge in [-0.2, -0.15) is 0 Å². The minimum absolute atomic E-state index is 0.207. The maximum absolute atomic E-state index is 11.7. The van der Waals surface area contributed by atoms with Crippen LogP contribution in [0.15, 0.2) is 23.0 Å². The van der Waals surface area contributed by atoms with Crippen molar-refractivity contribution in [3.8, 4) is 0 Å². The van der Waals surface area contributed by atoms with Gasteiger partial charge in [-0.25, -0.2) is 0 Å². The lowest BCUT2D eigenvalue weighted by atomic mass is 9.97. The predicted octanol–water partition coefficient (Wildman–Crippen LogP) is -2.19. The van der Waals surface area contributed by atoms with Crippen LogP contribution in [-0.2, 0) is 4.74 Å². The Hall–Kier alpha value is -1.45. The highest BCUT2D eigenvalue weighted by atomic mass is 16.6. The van der Waals surface area contributed by atoms with Gasteiger partial charge in [-0.15, -0.1) is 0 Å². The minimum Gasteiger partial charge on any atom is -0.472 e. The second-order valence-electron chi connectivity index (χ2n) is 4.24. The molecule has 19 heavy (non-hydrogen) atoms. The van der Waals surface area contributed by atoms with Crippen molar-refractivity contribution in [1.29, 1.82) is 0 Å². The molecule has 0 saturated carbocycles. The van der Waals surface area contributed by atoms with Crippen molar-refractivity contribution in [2.45, 2.75) is 30.6 Å². The van der Waals surface area contributed by atoms with Crippen molar-refractivity contribution in [2.24, 2.45) is 0 Å². The van der Waals surface area contributed by atoms with Crippen molar-refractivity contribution in [2.75, 3.05) is 6.61 Å². The summed E-state index contributed by atoms with van der Waals surface area (Å²) in [5.74, 6) is -0.588. The summed E-state index contributed by atoms with van der Waals surface area (Å²) in [4.78, 5) is 11.7. The molecule has 2 heterocycles. The van der Waals surface area contributed by atoms with E-state index in [1.807, 2.05) is 0 Å². The smallest absolute Gasteiger partial charge is 0.255 e. The molecule has 0 aliphatic carbocycles. The molecule has 1 aliphatic heterocycles. The van der Waals surface area contributed by atoms with Gasteiger partial charge in [-0.1, -0.05) is 0 Å². The van der Waals surface area contributed by atoms with Gasteiger partial charge in [0.05, 0.1) is 18.4 Å². The predicted molar refractivity (Wildman–Crippen MR) is 59.9 cm³/mol. The first-order valence-corrected chi connectivity index (χ1v) is 5.68. The van der Waals surface area contributed by atoms with Crippen LogP contribution in [0.5, 0.6) is 0 Å². The Morgan fingerprint density at radius 3 is 2.63 bits per heavy atom. The molecule has 8 heteroatoms. The fourth-order valence-electron chi connectivity index (χ4n) is 1.88. The van der Waals surface area contributed by atoms with Crippen LogP contribution in [0.3, 0.4) is 0 Å². The third kappa shape index (κ3) is 2.77. The molecular weight excluding hydrogens is 258 g/mol. The molecule has 1 aliphatic rings. The van der Waals surface area contributed by atoms with Crippen LogP contribution in [0.1, 0.15) is 10.4 Å². The molecule has 1 fully saturated rings. The second kappa shape index (κ2) is 5.68. The summed E-state index contributed by atoms with van der Waals surface area (Å²) in [5, 5.41) is 40.4. The molecule has 1 saturated heterocycles. The van der Waals surface area contributed by atoms with Gasteiger partial charge in [0.25, 0.3) is 5.91 Å². The van der Waals surface area contributed by atoms with E-state index in [1.165, 1.54) is 18.6 Å². The van der Waals surface area contributed by atoms with Crippen LogP contribution in [0.25, 0.3) is 0 Å². The zero-order valence-electron chi connectivity index (χ0n) is 9.84. The van der Waals surface area contributed by atoms with E-state index in [9.17, 15) is 20.1 Å². The Balaban J connectivity index is 2.05. The highest BCUT2D eigenvalue weighted by molar-refractivity contribution is 5.94. The van der Waals surface area contributed by atoms with E-state index in [4.69, 9.17) is 14.3 Å². The number of nitrogens with one attached hydrogen (secondary N) is 1. The van der Waals surface area contributed by atoms with Gasteiger partial charge in [-0.3, -0.25) is 4.79 Å². The molecule has 0 spiro atoms. The molecular formula is C11H15NO7. The maximum atomic E-state index is 11.7. The van der Waals surface area contributed by atoms with E-state index in [1.54, 1.807) is 0 Å². The number of carbonyl (C=O) groups is 1. The molecule has 5 atom stereocenters. The van der Waals surface area contributed by atoms with Crippen molar-refractivity contribution >= 4 is 5.91 Å². The summed E-state index contributed by atoms with van der Waals surface area (Å²) in [7, 11) is 0. The Labute approximate surface area is 108 Å². The van der Waals surface area contributed by atoms with E-state index in [2.05, 4.69) is 5.32 Å². The van der Waals surface area contributed by atoms with Crippen LogP contribution in [0, 0.1) is 0 Å². The molecule has 1 amide bonds. The number of hydrogen-bond donors (Lipinski definition) is 5. The van der Waals surface area contributed by atoms with E-state index in [0.29, 0.717) is 0 Å². The largest absolute Gasteiger partial charge is 0.472 e. The average molecular weight is 273 g/mol. The van der Waals surface area contributed by atoms with Crippen molar-refractivity contribution in [3.63, 3.8) is 0 Å². The third-order valence-corrected chi connectivity index (χ3v) is 2.98. The topological polar surface area (TPSA) is 132 Å². The number of rotatable bonds is 3. The SMILES string of the molecule is O=C(N[C@H]1C(O)O[C@H](CO)[C@H](O)[C@@H]1O)c1ccoc1. The number of amides is 1. The van der Waals surface area contributed by atoms with Crippen molar-refractivity contribution in [3.05, 3.63) is 24.2 Å². The Bertz CT molecular complexity index is 421. The van der Waals surface area contributed by atoms with Gasteiger partial charge in [-0.05, 0) is 6.07 Å². The number of hydrogen-bond acceptors (Lipinski definition) is 7. The van der Waals surface area contributed by atoms with Crippen LogP contribution in [0.2, 0.25) is 0 Å². The lowest BCUT2D eigenvalue weighted by Crippen LogP contribution is -2.64. The van der Waals surface area contributed by atoms with Crippen LogP contribution in [0.4, 0.5) is 0 Å². The number of furan rings is 1. The summed E-state index contributed by atoms with van der Waals surface area (Å²) in [6, 6.07) is 0.199. The molecule has 0 radical (unpaired) electrons. The number of ether oxygens (including phenoxy) is 1. The van der Waals surface area contributed by atoms with Crippen molar-refractivity contribution in [1.82, 2.24) is 5.32 Å². The number of aliphatic hydroxyl groups excluding tert-OH is 4. The van der Waals surface area contributed by atoms with Gasteiger partial charge in [0.15, 0.2) is 6.29 Å². The highest BCUT2D eigenvalue weighted by Crippen LogP contribution is 2.20. The van der Waals surface area contributed by atoms with Crippen molar-refractivity contribution < 1.29 is 34.4 Å².